The summed E-state index contributed by atoms with van der Waals surface area (Å²) in [6, 6.07) is 14.1. The second-order valence-corrected chi connectivity index (χ2v) is 6.84. The standard InChI is InChI=1S/C19H21NOS/c1-2-22-18-13-6-5-11-16(18)19(21)20-17-12-7-9-14-8-3-4-10-15(14)17/h5-7,9,11-13H,2-4,8,10H2,1H3,(H,20,21). The number of aryl methyl sites for hydroxylation is 1. The Balaban J connectivity index is 1.86. The highest BCUT2D eigenvalue weighted by Gasteiger charge is 2.16. The minimum Gasteiger partial charge on any atom is -0.322 e. The van der Waals surface area contributed by atoms with Crippen LogP contribution in [0.15, 0.2) is 47.4 Å². The molecule has 0 saturated carbocycles. The van der Waals surface area contributed by atoms with Crippen LogP contribution in [-0.4, -0.2) is 11.7 Å². The Morgan fingerprint density at radius 3 is 2.77 bits per heavy atom. The molecule has 1 amide bonds. The average Bonchev–Trinajstić information content (AvgIpc) is 2.56. The van der Waals surface area contributed by atoms with Gasteiger partial charge in [0.05, 0.1) is 5.56 Å². The van der Waals surface area contributed by atoms with Crippen LogP contribution in [0.3, 0.4) is 0 Å². The Bertz CT molecular complexity index is 681. The minimum atomic E-state index is -0.00414. The van der Waals surface area contributed by atoms with E-state index in [1.54, 1.807) is 11.8 Å². The van der Waals surface area contributed by atoms with E-state index >= 15 is 0 Å². The molecule has 0 heterocycles. The molecule has 0 atom stereocenters. The largest absolute Gasteiger partial charge is 0.322 e. The summed E-state index contributed by atoms with van der Waals surface area (Å²) >= 11 is 1.71. The van der Waals surface area contributed by atoms with Crippen LogP contribution in [0.25, 0.3) is 0 Å². The van der Waals surface area contributed by atoms with Crippen molar-refractivity contribution in [3.63, 3.8) is 0 Å². The van der Waals surface area contributed by atoms with E-state index in [0.29, 0.717) is 0 Å². The van der Waals surface area contributed by atoms with Gasteiger partial charge >= 0.3 is 0 Å². The molecule has 0 aliphatic heterocycles. The predicted octanol–water partition coefficient (Wildman–Crippen LogP) is 4.93. The van der Waals surface area contributed by atoms with Gasteiger partial charge in [0.25, 0.3) is 5.91 Å². The number of hydrogen-bond acceptors (Lipinski definition) is 2. The van der Waals surface area contributed by atoms with E-state index in [-0.39, 0.29) is 5.91 Å². The molecule has 0 saturated heterocycles. The Morgan fingerprint density at radius 1 is 1.09 bits per heavy atom. The molecule has 1 aliphatic rings. The van der Waals surface area contributed by atoms with Gasteiger partial charge in [0, 0.05) is 10.6 Å². The van der Waals surface area contributed by atoms with Crippen LogP contribution in [0.1, 0.15) is 41.3 Å². The van der Waals surface area contributed by atoms with Crippen molar-refractivity contribution in [1.82, 2.24) is 0 Å². The fourth-order valence-electron chi connectivity index (χ4n) is 3.02. The monoisotopic (exact) mass is 311 g/mol. The second-order valence-electron chi connectivity index (χ2n) is 5.53. The molecule has 3 rings (SSSR count). The smallest absolute Gasteiger partial charge is 0.256 e. The predicted molar refractivity (Wildman–Crippen MR) is 93.9 cm³/mol. The van der Waals surface area contributed by atoms with Gasteiger partial charge < -0.3 is 5.32 Å². The first kappa shape index (κ1) is 15.2. The maximum Gasteiger partial charge on any atom is 0.256 e. The number of carbonyl (C=O) groups is 1. The van der Waals surface area contributed by atoms with Gasteiger partial charge in [-0.1, -0.05) is 31.2 Å². The third kappa shape index (κ3) is 3.20. The van der Waals surface area contributed by atoms with E-state index in [1.165, 1.54) is 24.0 Å². The molecule has 2 nitrogen and oxygen atoms in total. The molecule has 0 spiro atoms. The number of nitrogens with one attached hydrogen (secondary N) is 1. The SMILES string of the molecule is CCSc1ccccc1C(=O)Nc1cccc2c1CCCC2. The lowest BCUT2D eigenvalue weighted by Crippen LogP contribution is -2.16. The van der Waals surface area contributed by atoms with Crippen molar-refractivity contribution in [3.05, 3.63) is 59.2 Å². The molecule has 0 aromatic heterocycles. The zero-order valence-corrected chi connectivity index (χ0v) is 13.7. The Hall–Kier alpha value is -1.74. The van der Waals surface area contributed by atoms with Crippen molar-refractivity contribution >= 4 is 23.4 Å². The van der Waals surface area contributed by atoms with E-state index < -0.39 is 0 Å². The Labute approximate surface area is 136 Å². The third-order valence-corrected chi connectivity index (χ3v) is 5.03. The Kier molecular flexibility index (Phi) is 4.84. The Morgan fingerprint density at radius 2 is 1.91 bits per heavy atom. The van der Waals surface area contributed by atoms with Gasteiger partial charge in [-0.15, -0.1) is 11.8 Å². The molecular formula is C19H21NOS. The average molecular weight is 311 g/mol. The van der Waals surface area contributed by atoms with Gasteiger partial charge in [0.2, 0.25) is 0 Å². The maximum atomic E-state index is 12.7. The van der Waals surface area contributed by atoms with Crippen LogP contribution in [0.5, 0.6) is 0 Å². The molecule has 2 aromatic rings. The van der Waals surface area contributed by atoms with E-state index in [4.69, 9.17) is 0 Å². The number of amides is 1. The van der Waals surface area contributed by atoms with Gasteiger partial charge in [-0.05, 0) is 60.8 Å². The maximum absolute atomic E-state index is 12.7. The lowest BCUT2D eigenvalue weighted by molar-refractivity contribution is 0.102. The van der Waals surface area contributed by atoms with Crippen molar-refractivity contribution in [2.45, 2.75) is 37.5 Å². The molecule has 0 unspecified atom stereocenters. The van der Waals surface area contributed by atoms with Gasteiger partial charge in [-0.3, -0.25) is 4.79 Å². The number of fused-ring (bicyclic) bond motifs is 1. The van der Waals surface area contributed by atoms with Gasteiger partial charge in [-0.25, -0.2) is 0 Å². The van der Waals surface area contributed by atoms with Crippen LogP contribution in [0.4, 0.5) is 5.69 Å². The summed E-state index contributed by atoms with van der Waals surface area (Å²) in [6.07, 6.45) is 4.65. The molecule has 1 N–H and O–H groups in total. The summed E-state index contributed by atoms with van der Waals surface area (Å²) in [5.41, 5.74) is 4.46. The third-order valence-electron chi connectivity index (χ3n) is 4.08. The molecule has 1 aliphatic carbocycles. The topological polar surface area (TPSA) is 29.1 Å². The van der Waals surface area contributed by atoms with Gasteiger partial charge in [0.1, 0.15) is 0 Å². The van der Waals surface area contributed by atoms with Crippen molar-refractivity contribution in [2.75, 3.05) is 11.1 Å². The van der Waals surface area contributed by atoms with Crippen LogP contribution >= 0.6 is 11.8 Å². The summed E-state index contributed by atoms with van der Waals surface area (Å²) in [5, 5.41) is 3.13. The number of carbonyl (C=O) groups excluding carboxylic acids is 1. The highest BCUT2D eigenvalue weighted by Crippen LogP contribution is 2.29. The lowest BCUT2D eigenvalue weighted by atomic mass is 9.90. The quantitative estimate of drug-likeness (QED) is 0.811. The lowest BCUT2D eigenvalue weighted by Gasteiger charge is -2.20. The van der Waals surface area contributed by atoms with E-state index in [9.17, 15) is 4.79 Å². The molecule has 114 valence electrons. The van der Waals surface area contributed by atoms with Crippen LogP contribution in [0.2, 0.25) is 0 Å². The number of rotatable bonds is 4. The fraction of sp³-hybridized carbons (Fsp3) is 0.316. The zero-order chi connectivity index (χ0) is 15.4. The first-order valence-corrected chi connectivity index (χ1v) is 8.92. The summed E-state index contributed by atoms with van der Waals surface area (Å²) in [5.74, 6) is 0.959. The van der Waals surface area contributed by atoms with Gasteiger partial charge in [0.15, 0.2) is 0 Å². The molecule has 22 heavy (non-hydrogen) atoms. The summed E-state index contributed by atoms with van der Waals surface area (Å²) in [6.45, 7) is 2.10. The van der Waals surface area contributed by atoms with Crippen LogP contribution < -0.4 is 5.32 Å². The summed E-state index contributed by atoms with van der Waals surface area (Å²) in [7, 11) is 0. The van der Waals surface area contributed by atoms with Crippen molar-refractivity contribution < 1.29 is 4.79 Å². The van der Waals surface area contributed by atoms with Crippen molar-refractivity contribution in [1.29, 1.82) is 0 Å². The highest BCUT2D eigenvalue weighted by molar-refractivity contribution is 7.99. The zero-order valence-electron chi connectivity index (χ0n) is 12.9. The molecule has 2 aromatic carbocycles. The van der Waals surface area contributed by atoms with Crippen molar-refractivity contribution in [2.24, 2.45) is 0 Å². The summed E-state index contributed by atoms with van der Waals surface area (Å²) < 4.78 is 0. The normalized spacial score (nSPS) is 13.5. The molecule has 3 heteroatoms. The van der Waals surface area contributed by atoms with E-state index in [1.807, 2.05) is 36.4 Å². The molecule has 0 radical (unpaired) electrons. The molecular weight excluding hydrogens is 290 g/mol. The van der Waals surface area contributed by atoms with E-state index in [2.05, 4.69) is 18.3 Å². The van der Waals surface area contributed by atoms with Crippen LogP contribution in [0, 0.1) is 0 Å². The first-order chi connectivity index (χ1) is 10.8. The van der Waals surface area contributed by atoms with Crippen LogP contribution in [-0.2, 0) is 12.8 Å². The number of hydrogen-bond donors (Lipinski definition) is 1. The number of benzene rings is 2. The fourth-order valence-corrected chi connectivity index (χ4v) is 3.83. The second kappa shape index (κ2) is 7.01. The van der Waals surface area contributed by atoms with Gasteiger partial charge in [-0.2, -0.15) is 0 Å². The number of anilines is 1. The summed E-state index contributed by atoms with van der Waals surface area (Å²) in [4.78, 5) is 13.7. The number of thioether (sulfide) groups is 1. The molecule has 0 fully saturated rings. The van der Waals surface area contributed by atoms with Crippen molar-refractivity contribution in [3.8, 4) is 0 Å². The highest BCUT2D eigenvalue weighted by atomic mass is 32.2. The van der Waals surface area contributed by atoms with E-state index in [0.717, 1.165) is 34.7 Å². The molecule has 0 bridgehead atoms. The first-order valence-electron chi connectivity index (χ1n) is 7.93. The minimum absolute atomic E-state index is 0.00414.